The van der Waals surface area contributed by atoms with E-state index in [2.05, 4.69) is 9.97 Å². The largest absolute Gasteiger partial charge is 0.489 e. The number of imidazole rings is 1. The Morgan fingerprint density at radius 2 is 1.95 bits per heavy atom. The second-order valence-electron chi connectivity index (χ2n) is 6.04. The molecule has 2 aromatic rings. The third kappa shape index (κ3) is 2.88. The zero-order valence-electron chi connectivity index (χ0n) is 12.0. The van der Waals surface area contributed by atoms with Crippen LogP contribution in [0.5, 0.6) is 11.5 Å². The van der Waals surface area contributed by atoms with Crippen molar-refractivity contribution < 1.29 is 9.47 Å². The average Bonchev–Trinajstić information content (AvgIpc) is 2.62. The summed E-state index contributed by atoms with van der Waals surface area (Å²) in [5, 5.41) is 0. The van der Waals surface area contributed by atoms with E-state index in [4.69, 9.17) is 15.2 Å². The number of aromatic amines is 1. The maximum absolute atomic E-state index is 6.01. The topological polar surface area (TPSA) is 73.2 Å². The zero-order chi connectivity index (χ0) is 14.2. The van der Waals surface area contributed by atoms with E-state index in [0.717, 1.165) is 47.6 Å². The van der Waals surface area contributed by atoms with Gasteiger partial charge < -0.3 is 20.2 Å². The van der Waals surface area contributed by atoms with Gasteiger partial charge in [-0.1, -0.05) is 0 Å². The lowest BCUT2D eigenvalue weighted by molar-refractivity contribution is 0.297. The van der Waals surface area contributed by atoms with Crippen LogP contribution >= 0.6 is 0 Å². The van der Waals surface area contributed by atoms with Gasteiger partial charge in [-0.25, -0.2) is 4.98 Å². The molecule has 0 unspecified atom stereocenters. The zero-order valence-corrected chi connectivity index (χ0v) is 12.0. The molecule has 0 spiro atoms. The van der Waals surface area contributed by atoms with Crippen LogP contribution in [0.15, 0.2) is 12.1 Å². The Morgan fingerprint density at radius 3 is 2.65 bits per heavy atom. The molecular weight excluding hydrogens is 254 g/mol. The lowest BCUT2D eigenvalue weighted by atomic mass is 10.0. The van der Waals surface area contributed by atoms with E-state index in [-0.39, 0.29) is 5.54 Å². The third-order valence-electron chi connectivity index (χ3n) is 3.41. The van der Waals surface area contributed by atoms with E-state index in [1.165, 1.54) is 0 Å². The van der Waals surface area contributed by atoms with Crippen LogP contribution in [-0.4, -0.2) is 28.7 Å². The fraction of sp³-hybridized carbons (Fsp3) is 0.533. The second-order valence-corrected chi connectivity index (χ2v) is 6.04. The van der Waals surface area contributed by atoms with Crippen molar-refractivity contribution in [2.45, 2.75) is 38.6 Å². The summed E-state index contributed by atoms with van der Waals surface area (Å²) in [5.41, 5.74) is 7.74. The number of aromatic nitrogens is 2. The van der Waals surface area contributed by atoms with E-state index in [9.17, 15) is 0 Å². The Balaban J connectivity index is 1.88. The van der Waals surface area contributed by atoms with Crippen molar-refractivity contribution in [1.82, 2.24) is 9.97 Å². The van der Waals surface area contributed by atoms with Gasteiger partial charge in [-0.2, -0.15) is 0 Å². The fourth-order valence-corrected chi connectivity index (χ4v) is 2.28. The van der Waals surface area contributed by atoms with Crippen molar-refractivity contribution in [3.8, 4) is 11.5 Å². The Labute approximate surface area is 118 Å². The van der Waals surface area contributed by atoms with Gasteiger partial charge in [0.2, 0.25) is 0 Å². The summed E-state index contributed by atoms with van der Waals surface area (Å²) in [7, 11) is 0. The van der Waals surface area contributed by atoms with Crippen LogP contribution in [0.25, 0.3) is 11.0 Å². The van der Waals surface area contributed by atoms with Gasteiger partial charge in [0.15, 0.2) is 11.5 Å². The van der Waals surface area contributed by atoms with Crippen molar-refractivity contribution in [2.75, 3.05) is 13.2 Å². The minimum Gasteiger partial charge on any atom is -0.489 e. The van der Waals surface area contributed by atoms with E-state index < -0.39 is 0 Å². The Hall–Kier alpha value is -1.75. The summed E-state index contributed by atoms with van der Waals surface area (Å²) in [4.78, 5) is 7.94. The van der Waals surface area contributed by atoms with Gasteiger partial charge >= 0.3 is 0 Å². The number of aryl methyl sites for hydroxylation is 1. The number of nitrogens with one attached hydrogen (secondary N) is 1. The molecule has 0 saturated carbocycles. The minimum absolute atomic E-state index is 0.178. The number of benzene rings is 1. The van der Waals surface area contributed by atoms with Crippen LogP contribution in [0.1, 0.15) is 32.5 Å². The van der Waals surface area contributed by atoms with Gasteiger partial charge in [-0.15, -0.1) is 0 Å². The molecule has 0 fully saturated rings. The lowest BCUT2D eigenvalue weighted by Gasteiger charge is -2.16. The fourth-order valence-electron chi connectivity index (χ4n) is 2.28. The molecule has 0 saturated heterocycles. The van der Waals surface area contributed by atoms with Gasteiger partial charge in [-0.3, -0.25) is 0 Å². The predicted molar refractivity (Wildman–Crippen MR) is 78.3 cm³/mol. The molecule has 108 valence electrons. The third-order valence-corrected chi connectivity index (χ3v) is 3.41. The highest BCUT2D eigenvalue weighted by atomic mass is 16.5. The molecule has 0 atom stereocenters. The molecular formula is C15H21N3O2. The quantitative estimate of drug-likeness (QED) is 0.902. The van der Waals surface area contributed by atoms with Gasteiger partial charge in [0.25, 0.3) is 0 Å². The SMILES string of the molecule is CC(C)(N)CCc1nc2cc3c(cc2[nH]1)OCCCO3. The molecule has 0 aliphatic carbocycles. The first kappa shape index (κ1) is 13.2. The highest BCUT2D eigenvalue weighted by Crippen LogP contribution is 2.33. The number of nitrogens with zero attached hydrogens (tertiary/aromatic N) is 1. The maximum Gasteiger partial charge on any atom is 0.163 e. The molecule has 3 rings (SSSR count). The lowest BCUT2D eigenvalue weighted by Crippen LogP contribution is -2.32. The first-order valence-corrected chi connectivity index (χ1v) is 7.08. The summed E-state index contributed by atoms with van der Waals surface area (Å²) < 4.78 is 11.4. The number of nitrogens with two attached hydrogens (primary N) is 1. The number of H-pyrrole nitrogens is 1. The van der Waals surface area contributed by atoms with Gasteiger partial charge in [0.05, 0.1) is 24.2 Å². The molecule has 3 N–H and O–H groups in total. The van der Waals surface area contributed by atoms with E-state index in [1.54, 1.807) is 0 Å². The summed E-state index contributed by atoms with van der Waals surface area (Å²) in [5.74, 6) is 2.54. The normalized spacial score (nSPS) is 15.3. The van der Waals surface area contributed by atoms with Gasteiger partial charge in [0.1, 0.15) is 5.82 Å². The van der Waals surface area contributed by atoms with Crippen LogP contribution in [0, 0.1) is 0 Å². The number of fused-ring (bicyclic) bond motifs is 2. The van der Waals surface area contributed by atoms with Crippen LogP contribution in [-0.2, 0) is 6.42 Å². The molecule has 1 aliphatic rings. The molecule has 0 amide bonds. The highest BCUT2D eigenvalue weighted by molar-refractivity contribution is 5.79. The molecule has 2 heterocycles. The maximum atomic E-state index is 6.01. The molecule has 20 heavy (non-hydrogen) atoms. The standard InChI is InChI=1S/C15H21N3O2/c1-15(2,16)5-4-14-17-10-8-12-13(9-11(10)18-14)20-7-3-6-19-12/h8-9H,3-7,16H2,1-2H3,(H,17,18). The molecule has 0 radical (unpaired) electrons. The van der Waals surface area contributed by atoms with Crippen LogP contribution in [0.4, 0.5) is 0 Å². The van der Waals surface area contributed by atoms with Crippen molar-refractivity contribution in [3.05, 3.63) is 18.0 Å². The van der Waals surface area contributed by atoms with E-state index >= 15 is 0 Å². The molecule has 0 bridgehead atoms. The van der Waals surface area contributed by atoms with E-state index in [1.807, 2.05) is 26.0 Å². The first-order chi connectivity index (χ1) is 9.51. The number of rotatable bonds is 3. The number of ether oxygens (including phenoxy) is 2. The van der Waals surface area contributed by atoms with Crippen LogP contribution in [0.3, 0.4) is 0 Å². The Bertz CT molecular complexity index is 570. The highest BCUT2D eigenvalue weighted by Gasteiger charge is 2.15. The first-order valence-electron chi connectivity index (χ1n) is 7.08. The van der Waals surface area contributed by atoms with Crippen molar-refractivity contribution in [2.24, 2.45) is 5.73 Å². The number of hydrogen-bond donors (Lipinski definition) is 2. The molecule has 1 aromatic heterocycles. The molecule has 5 heteroatoms. The van der Waals surface area contributed by atoms with Gasteiger partial charge in [-0.05, 0) is 20.3 Å². The molecule has 5 nitrogen and oxygen atoms in total. The average molecular weight is 275 g/mol. The minimum atomic E-state index is -0.178. The van der Waals surface area contributed by atoms with Gasteiger partial charge in [0, 0.05) is 30.5 Å². The van der Waals surface area contributed by atoms with Crippen molar-refractivity contribution >= 4 is 11.0 Å². The summed E-state index contributed by atoms with van der Waals surface area (Å²) in [6, 6.07) is 3.92. The second kappa shape index (κ2) is 4.98. The monoisotopic (exact) mass is 275 g/mol. The van der Waals surface area contributed by atoms with Crippen molar-refractivity contribution in [1.29, 1.82) is 0 Å². The van der Waals surface area contributed by atoms with Crippen LogP contribution in [0.2, 0.25) is 0 Å². The number of hydrogen-bond acceptors (Lipinski definition) is 4. The summed E-state index contributed by atoms with van der Waals surface area (Å²) in [6.07, 6.45) is 2.64. The predicted octanol–water partition coefficient (Wildman–Crippen LogP) is 2.39. The summed E-state index contributed by atoms with van der Waals surface area (Å²) in [6.45, 7) is 5.44. The van der Waals surface area contributed by atoms with Crippen LogP contribution < -0.4 is 15.2 Å². The van der Waals surface area contributed by atoms with Crippen molar-refractivity contribution in [3.63, 3.8) is 0 Å². The Morgan fingerprint density at radius 1 is 1.25 bits per heavy atom. The summed E-state index contributed by atoms with van der Waals surface area (Å²) >= 11 is 0. The molecule has 1 aliphatic heterocycles. The smallest absolute Gasteiger partial charge is 0.163 e. The molecule has 1 aromatic carbocycles. The Kier molecular flexibility index (Phi) is 3.30. The van der Waals surface area contributed by atoms with E-state index in [0.29, 0.717) is 13.2 Å².